The van der Waals surface area contributed by atoms with E-state index in [0.29, 0.717) is 6.04 Å². The second-order valence-electron chi connectivity index (χ2n) is 5.38. The molecule has 20 heavy (non-hydrogen) atoms. The maximum atomic E-state index is 9.10. The van der Waals surface area contributed by atoms with Crippen molar-refractivity contribution in [1.82, 2.24) is 10.3 Å². The van der Waals surface area contributed by atoms with Crippen molar-refractivity contribution >= 4 is 11.3 Å². The highest BCUT2D eigenvalue weighted by Gasteiger charge is 2.30. The first-order valence-corrected chi connectivity index (χ1v) is 7.93. The summed E-state index contributed by atoms with van der Waals surface area (Å²) in [5, 5.41) is 13.6. The van der Waals surface area contributed by atoms with Crippen molar-refractivity contribution in [2.45, 2.75) is 38.8 Å². The molecule has 1 atom stereocenters. The van der Waals surface area contributed by atoms with Gasteiger partial charge in [-0.2, -0.15) is 0 Å². The first kappa shape index (κ1) is 13.8. The molecule has 1 saturated carbocycles. The lowest BCUT2D eigenvalue weighted by atomic mass is 10.1. The van der Waals surface area contributed by atoms with Crippen LogP contribution in [-0.4, -0.2) is 22.7 Å². The van der Waals surface area contributed by atoms with Crippen LogP contribution in [0.4, 0.5) is 0 Å². The van der Waals surface area contributed by atoms with Gasteiger partial charge in [0.05, 0.1) is 0 Å². The molecule has 0 spiro atoms. The van der Waals surface area contributed by atoms with E-state index < -0.39 is 0 Å². The summed E-state index contributed by atoms with van der Waals surface area (Å²) in [6.45, 7) is 3.01. The van der Waals surface area contributed by atoms with Crippen LogP contribution in [0.25, 0.3) is 10.8 Å². The number of aliphatic hydroxyl groups excluding tert-OH is 1. The molecule has 1 unspecified atom stereocenters. The van der Waals surface area contributed by atoms with Gasteiger partial charge in [-0.05, 0) is 44.2 Å². The second-order valence-corrected chi connectivity index (χ2v) is 6.49. The first-order valence-electron chi connectivity index (χ1n) is 7.12. The second kappa shape index (κ2) is 6.08. The van der Waals surface area contributed by atoms with E-state index in [0.717, 1.165) is 35.4 Å². The molecule has 3 rings (SSSR count). The van der Waals surface area contributed by atoms with Gasteiger partial charge in [0.15, 0.2) is 10.8 Å². The quantitative estimate of drug-likeness (QED) is 0.823. The van der Waals surface area contributed by atoms with Gasteiger partial charge in [0.2, 0.25) is 0 Å². The maximum Gasteiger partial charge on any atom is 0.162 e. The summed E-state index contributed by atoms with van der Waals surface area (Å²) in [6.07, 6.45) is 5.33. The fourth-order valence-corrected chi connectivity index (χ4v) is 3.25. The number of aromatic nitrogens is 1. The number of aryl methyl sites for hydroxylation is 1. The molecule has 0 bridgehead atoms. The SMILES string of the molecule is Cc1ccc(-c2ncc(CNC(CCO)C3CC3)s2)o1. The molecule has 0 radical (unpaired) electrons. The van der Waals surface area contributed by atoms with Crippen molar-refractivity contribution in [1.29, 1.82) is 0 Å². The van der Waals surface area contributed by atoms with Crippen LogP contribution in [0.1, 0.15) is 29.9 Å². The minimum absolute atomic E-state index is 0.258. The van der Waals surface area contributed by atoms with Gasteiger partial charge in [-0.15, -0.1) is 11.3 Å². The maximum absolute atomic E-state index is 9.10. The van der Waals surface area contributed by atoms with Gasteiger partial charge in [-0.3, -0.25) is 0 Å². The summed E-state index contributed by atoms with van der Waals surface area (Å²) >= 11 is 1.66. The minimum atomic E-state index is 0.258. The third-order valence-electron chi connectivity index (χ3n) is 3.67. The average Bonchev–Trinajstić information content (AvgIpc) is 3.01. The Morgan fingerprint density at radius 1 is 1.50 bits per heavy atom. The van der Waals surface area contributed by atoms with Crippen molar-refractivity contribution in [3.8, 4) is 10.8 Å². The minimum Gasteiger partial charge on any atom is -0.459 e. The summed E-state index contributed by atoms with van der Waals surface area (Å²) in [7, 11) is 0. The number of aliphatic hydroxyl groups is 1. The topological polar surface area (TPSA) is 58.3 Å². The van der Waals surface area contributed by atoms with Crippen molar-refractivity contribution in [3.63, 3.8) is 0 Å². The molecule has 0 saturated heterocycles. The van der Waals surface area contributed by atoms with Crippen molar-refractivity contribution in [3.05, 3.63) is 29.0 Å². The van der Waals surface area contributed by atoms with E-state index in [2.05, 4.69) is 10.3 Å². The van der Waals surface area contributed by atoms with Gasteiger partial charge in [-0.25, -0.2) is 4.98 Å². The molecule has 2 N–H and O–H groups in total. The van der Waals surface area contributed by atoms with Crippen LogP contribution < -0.4 is 5.32 Å². The van der Waals surface area contributed by atoms with Crippen LogP contribution in [-0.2, 0) is 6.54 Å². The molecular weight excluding hydrogens is 272 g/mol. The lowest BCUT2D eigenvalue weighted by molar-refractivity contribution is 0.256. The van der Waals surface area contributed by atoms with Gasteiger partial charge in [0.25, 0.3) is 0 Å². The Kier molecular flexibility index (Phi) is 4.19. The molecule has 5 heteroatoms. The van der Waals surface area contributed by atoms with Crippen LogP contribution in [0.5, 0.6) is 0 Å². The average molecular weight is 292 g/mol. The number of rotatable bonds is 7. The largest absolute Gasteiger partial charge is 0.459 e. The number of furan rings is 1. The lowest BCUT2D eigenvalue weighted by Crippen LogP contribution is -2.31. The Morgan fingerprint density at radius 2 is 2.35 bits per heavy atom. The van der Waals surface area contributed by atoms with Gasteiger partial charge >= 0.3 is 0 Å². The highest BCUT2D eigenvalue weighted by atomic mass is 32.1. The van der Waals surface area contributed by atoms with Gasteiger partial charge in [-0.1, -0.05) is 0 Å². The smallest absolute Gasteiger partial charge is 0.162 e. The zero-order valence-electron chi connectivity index (χ0n) is 11.6. The lowest BCUT2D eigenvalue weighted by Gasteiger charge is -2.16. The number of hydrogen-bond acceptors (Lipinski definition) is 5. The Hall–Kier alpha value is -1.17. The predicted octanol–water partition coefficient (Wildman–Crippen LogP) is 2.96. The standard InChI is InChI=1S/C15H20N2O2S/c1-10-2-5-14(19-10)15-17-9-12(20-15)8-16-13(6-7-18)11-3-4-11/h2,5,9,11,13,16,18H,3-4,6-8H2,1H3. The molecule has 0 amide bonds. The molecule has 2 heterocycles. The van der Waals surface area contributed by atoms with E-state index in [4.69, 9.17) is 9.52 Å². The Balaban J connectivity index is 1.59. The van der Waals surface area contributed by atoms with E-state index >= 15 is 0 Å². The van der Waals surface area contributed by atoms with Crippen molar-refractivity contribution < 1.29 is 9.52 Å². The fourth-order valence-electron chi connectivity index (χ4n) is 2.43. The number of thiazole rings is 1. The van der Waals surface area contributed by atoms with Crippen LogP contribution in [0.2, 0.25) is 0 Å². The highest BCUT2D eigenvalue weighted by molar-refractivity contribution is 7.14. The van der Waals surface area contributed by atoms with Crippen LogP contribution in [0.15, 0.2) is 22.7 Å². The number of nitrogens with zero attached hydrogens (tertiary/aromatic N) is 1. The molecule has 108 valence electrons. The summed E-state index contributed by atoms with van der Waals surface area (Å²) in [4.78, 5) is 5.63. The van der Waals surface area contributed by atoms with Gasteiger partial charge in [0.1, 0.15) is 5.76 Å². The Morgan fingerprint density at radius 3 is 3.00 bits per heavy atom. The third kappa shape index (κ3) is 3.29. The van der Waals surface area contributed by atoms with E-state index in [1.165, 1.54) is 17.7 Å². The van der Waals surface area contributed by atoms with E-state index in [1.54, 1.807) is 11.3 Å². The summed E-state index contributed by atoms with van der Waals surface area (Å²) < 4.78 is 5.59. The predicted molar refractivity (Wildman–Crippen MR) is 79.6 cm³/mol. The zero-order chi connectivity index (χ0) is 13.9. The summed E-state index contributed by atoms with van der Waals surface area (Å²) in [6, 6.07) is 4.36. The molecule has 0 aromatic carbocycles. The zero-order valence-corrected chi connectivity index (χ0v) is 12.4. The molecule has 2 aromatic rings. The Bertz CT molecular complexity index is 560. The molecule has 1 fully saturated rings. The van der Waals surface area contributed by atoms with Crippen LogP contribution in [0.3, 0.4) is 0 Å². The highest BCUT2D eigenvalue weighted by Crippen LogP contribution is 2.34. The first-order chi connectivity index (χ1) is 9.76. The molecular formula is C15H20N2O2S. The molecule has 1 aliphatic carbocycles. The fraction of sp³-hybridized carbons (Fsp3) is 0.533. The molecule has 0 aliphatic heterocycles. The normalized spacial score (nSPS) is 16.5. The van der Waals surface area contributed by atoms with Gasteiger partial charge in [0, 0.05) is 30.3 Å². The number of hydrogen-bond donors (Lipinski definition) is 2. The summed E-state index contributed by atoms with van der Waals surface area (Å²) in [5.41, 5.74) is 0. The third-order valence-corrected chi connectivity index (χ3v) is 4.69. The van der Waals surface area contributed by atoms with Gasteiger partial charge < -0.3 is 14.8 Å². The van der Waals surface area contributed by atoms with E-state index in [9.17, 15) is 0 Å². The van der Waals surface area contributed by atoms with Crippen molar-refractivity contribution in [2.24, 2.45) is 5.92 Å². The molecule has 2 aromatic heterocycles. The summed E-state index contributed by atoms with van der Waals surface area (Å²) in [5.74, 6) is 2.50. The molecule has 4 nitrogen and oxygen atoms in total. The van der Waals surface area contributed by atoms with E-state index in [1.807, 2.05) is 25.3 Å². The van der Waals surface area contributed by atoms with Crippen LogP contribution >= 0.6 is 11.3 Å². The van der Waals surface area contributed by atoms with Crippen LogP contribution in [0, 0.1) is 12.8 Å². The van der Waals surface area contributed by atoms with E-state index in [-0.39, 0.29) is 6.61 Å². The monoisotopic (exact) mass is 292 g/mol. The number of nitrogens with one attached hydrogen (secondary N) is 1. The van der Waals surface area contributed by atoms with Crippen molar-refractivity contribution in [2.75, 3.05) is 6.61 Å². The molecule has 1 aliphatic rings. The Labute approximate surface area is 122 Å².